The van der Waals surface area contributed by atoms with Gasteiger partial charge in [-0.2, -0.15) is 0 Å². The van der Waals surface area contributed by atoms with Crippen LogP contribution < -0.4 is 0 Å². The molecule has 0 aromatic heterocycles. The third-order valence-electron chi connectivity index (χ3n) is 15.3. The second-order valence-electron chi connectivity index (χ2n) is 23.4. The van der Waals surface area contributed by atoms with Crippen LogP contribution in [0.15, 0.2) is 97.2 Å². The fourth-order valence-electron chi connectivity index (χ4n) is 10.0. The molecule has 1 unspecified atom stereocenters. The van der Waals surface area contributed by atoms with Crippen LogP contribution in [0.1, 0.15) is 348 Å². The van der Waals surface area contributed by atoms with E-state index in [1.807, 2.05) is 0 Å². The largest absolute Gasteiger partial charge is 0.462 e. The van der Waals surface area contributed by atoms with Crippen LogP contribution in [0.2, 0.25) is 0 Å². The highest BCUT2D eigenvalue weighted by molar-refractivity contribution is 5.71. The van der Waals surface area contributed by atoms with Crippen LogP contribution in [-0.2, 0) is 28.6 Å². The second kappa shape index (κ2) is 69.8. The molecule has 0 fully saturated rings. The van der Waals surface area contributed by atoms with Crippen molar-refractivity contribution in [2.24, 2.45) is 0 Å². The molecule has 6 heteroatoms. The summed E-state index contributed by atoms with van der Waals surface area (Å²) in [6.07, 6.45) is 94.4. The number of carbonyl (C=O) groups excluding carboxylic acids is 3. The van der Waals surface area contributed by atoms with Crippen LogP contribution in [0, 0.1) is 0 Å². The van der Waals surface area contributed by atoms with Gasteiger partial charge in [-0.25, -0.2) is 0 Å². The highest BCUT2D eigenvalue weighted by atomic mass is 16.6. The van der Waals surface area contributed by atoms with Crippen molar-refractivity contribution in [3.8, 4) is 0 Å². The van der Waals surface area contributed by atoms with Gasteiger partial charge in [0.05, 0.1) is 0 Å². The quantitative estimate of drug-likeness (QED) is 0.0261. The molecule has 0 saturated heterocycles. The Morgan fingerprint density at radius 3 is 0.780 bits per heavy atom. The van der Waals surface area contributed by atoms with Gasteiger partial charge in [-0.15, -0.1) is 0 Å². The molecule has 0 rings (SSSR count). The van der Waals surface area contributed by atoms with Crippen LogP contribution in [-0.4, -0.2) is 37.2 Å². The monoisotopic (exact) mass is 1140 g/mol. The molecule has 0 aliphatic carbocycles. The molecule has 6 nitrogen and oxygen atoms in total. The molecule has 0 aromatic carbocycles. The molecule has 0 N–H and O–H groups in total. The Morgan fingerprint density at radius 1 is 0.256 bits per heavy atom. The van der Waals surface area contributed by atoms with E-state index >= 15 is 0 Å². The zero-order chi connectivity index (χ0) is 59.2. The van der Waals surface area contributed by atoms with Gasteiger partial charge in [-0.1, -0.05) is 304 Å². The predicted molar refractivity (Wildman–Crippen MR) is 357 cm³/mol. The molecule has 0 bridgehead atoms. The van der Waals surface area contributed by atoms with E-state index in [0.29, 0.717) is 19.3 Å². The van der Waals surface area contributed by atoms with E-state index in [4.69, 9.17) is 14.2 Å². The maximum atomic E-state index is 12.9. The summed E-state index contributed by atoms with van der Waals surface area (Å²) in [7, 11) is 0. The topological polar surface area (TPSA) is 78.9 Å². The second-order valence-corrected chi connectivity index (χ2v) is 23.4. The van der Waals surface area contributed by atoms with Gasteiger partial charge in [0.25, 0.3) is 0 Å². The summed E-state index contributed by atoms with van der Waals surface area (Å²) in [5, 5.41) is 0. The average molecular weight is 1140 g/mol. The van der Waals surface area contributed by atoms with Crippen molar-refractivity contribution in [3.05, 3.63) is 97.2 Å². The minimum atomic E-state index is -0.782. The first-order valence-electron chi connectivity index (χ1n) is 35.2. The van der Waals surface area contributed by atoms with Gasteiger partial charge in [0.1, 0.15) is 13.2 Å². The van der Waals surface area contributed by atoms with Gasteiger partial charge in [0, 0.05) is 19.3 Å². The van der Waals surface area contributed by atoms with Crippen molar-refractivity contribution in [1.29, 1.82) is 0 Å². The highest BCUT2D eigenvalue weighted by Crippen LogP contribution is 2.17. The Hall–Kier alpha value is -3.67. The maximum absolute atomic E-state index is 12.9. The Kier molecular flexibility index (Phi) is 66.7. The van der Waals surface area contributed by atoms with E-state index in [9.17, 15) is 14.4 Å². The lowest BCUT2D eigenvalue weighted by Gasteiger charge is -2.18. The summed E-state index contributed by atoms with van der Waals surface area (Å²) >= 11 is 0. The number of hydrogen-bond donors (Lipinski definition) is 0. The van der Waals surface area contributed by atoms with Crippen molar-refractivity contribution in [2.75, 3.05) is 13.2 Å². The summed E-state index contributed by atoms with van der Waals surface area (Å²) in [6.45, 7) is 6.52. The Balaban J connectivity index is 4.14. The Bertz CT molecular complexity index is 1590. The Morgan fingerprint density at radius 2 is 0.476 bits per heavy atom. The zero-order valence-electron chi connectivity index (χ0n) is 54.2. The SMILES string of the molecule is CC/C=C\C/C=C\C/C=C\C/C=C\C/C=C\C/C=C\CCCCCCCCCCCCCCCCCCC(=O)OCC(COC(=O)CCCCCCC/C=C\CCCCC)OC(=O)CCCCCCCCC/C=C\CCCCCCCC. The van der Waals surface area contributed by atoms with E-state index in [1.54, 1.807) is 0 Å². The molecule has 0 radical (unpaired) electrons. The lowest BCUT2D eigenvalue weighted by atomic mass is 10.0. The highest BCUT2D eigenvalue weighted by Gasteiger charge is 2.19. The van der Waals surface area contributed by atoms with Gasteiger partial charge in [0.15, 0.2) is 6.10 Å². The van der Waals surface area contributed by atoms with Gasteiger partial charge >= 0.3 is 17.9 Å². The third-order valence-corrected chi connectivity index (χ3v) is 15.3. The summed E-state index contributed by atoms with van der Waals surface area (Å²) in [5.74, 6) is -0.876. The van der Waals surface area contributed by atoms with E-state index in [1.165, 1.54) is 205 Å². The standard InChI is InChI=1S/C76H132O6/c1-4-7-10-13-16-19-22-25-27-29-30-31-32-33-34-35-36-37-38-39-40-41-42-43-44-45-46-48-49-51-54-57-60-63-66-69-75(78)81-72-73(71-80-74(77)68-65-62-59-56-53-24-21-18-15-12-9-6-3)82-76(79)70-67-64-61-58-55-52-50-47-28-26-23-20-17-14-11-8-5-2/h7,10,16,18-19,21,25-28,30-31,33-34,36-37,73H,4-6,8-9,11-15,17,20,22-24,29,32,35,38-72H2,1-3H3/b10-7-,19-16-,21-18-,27-25-,28-26-,31-30-,34-33-,37-36-. The normalized spacial score (nSPS) is 12.7. The molecule has 82 heavy (non-hydrogen) atoms. The number of allylic oxidation sites excluding steroid dienone is 16. The summed E-state index contributed by atoms with van der Waals surface area (Å²) < 4.78 is 16.9. The van der Waals surface area contributed by atoms with Crippen molar-refractivity contribution in [3.63, 3.8) is 0 Å². The zero-order valence-corrected chi connectivity index (χ0v) is 54.2. The van der Waals surface area contributed by atoms with Gasteiger partial charge in [-0.05, 0) is 122 Å². The minimum absolute atomic E-state index is 0.0779. The van der Waals surface area contributed by atoms with Gasteiger partial charge in [0.2, 0.25) is 0 Å². The van der Waals surface area contributed by atoms with Crippen LogP contribution in [0.4, 0.5) is 0 Å². The van der Waals surface area contributed by atoms with E-state index in [2.05, 4.69) is 118 Å². The molecule has 0 aliphatic rings. The average Bonchev–Trinajstić information content (AvgIpc) is 3.47. The van der Waals surface area contributed by atoms with Crippen molar-refractivity contribution in [1.82, 2.24) is 0 Å². The van der Waals surface area contributed by atoms with Crippen LogP contribution >= 0.6 is 0 Å². The maximum Gasteiger partial charge on any atom is 0.306 e. The smallest absolute Gasteiger partial charge is 0.306 e. The van der Waals surface area contributed by atoms with Crippen LogP contribution in [0.3, 0.4) is 0 Å². The molecule has 0 amide bonds. The lowest BCUT2D eigenvalue weighted by molar-refractivity contribution is -0.167. The number of hydrogen-bond acceptors (Lipinski definition) is 6. The van der Waals surface area contributed by atoms with Crippen LogP contribution in [0.25, 0.3) is 0 Å². The van der Waals surface area contributed by atoms with Gasteiger partial charge < -0.3 is 14.2 Å². The first-order chi connectivity index (χ1) is 40.5. The molecular formula is C76H132O6. The molecule has 0 spiro atoms. The van der Waals surface area contributed by atoms with Crippen LogP contribution in [0.5, 0.6) is 0 Å². The molecule has 0 aliphatic heterocycles. The van der Waals surface area contributed by atoms with E-state index in [0.717, 1.165) is 103 Å². The van der Waals surface area contributed by atoms with Crippen molar-refractivity contribution >= 4 is 17.9 Å². The fraction of sp³-hybridized carbons (Fsp3) is 0.750. The third kappa shape index (κ3) is 67.1. The fourth-order valence-corrected chi connectivity index (χ4v) is 10.0. The van der Waals surface area contributed by atoms with E-state index < -0.39 is 6.10 Å². The molecule has 0 aromatic rings. The molecule has 0 saturated carbocycles. The Labute approximate surface area is 508 Å². The molecule has 0 heterocycles. The summed E-state index contributed by atoms with van der Waals surface area (Å²) in [4.78, 5) is 38.3. The summed E-state index contributed by atoms with van der Waals surface area (Å²) in [6, 6.07) is 0. The number of ether oxygens (including phenoxy) is 3. The van der Waals surface area contributed by atoms with E-state index in [-0.39, 0.29) is 31.1 Å². The first-order valence-corrected chi connectivity index (χ1v) is 35.2. The summed E-state index contributed by atoms with van der Waals surface area (Å²) in [5.41, 5.74) is 0. The number of rotatable bonds is 64. The predicted octanol–water partition coefficient (Wildman–Crippen LogP) is 24.4. The van der Waals surface area contributed by atoms with Crippen molar-refractivity contribution in [2.45, 2.75) is 354 Å². The molecule has 1 atom stereocenters. The number of esters is 3. The molecule has 472 valence electrons. The minimum Gasteiger partial charge on any atom is -0.462 e. The molecular weight excluding hydrogens is 1010 g/mol. The lowest BCUT2D eigenvalue weighted by Crippen LogP contribution is -2.30. The van der Waals surface area contributed by atoms with Gasteiger partial charge in [-0.3, -0.25) is 14.4 Å². The number of carbonyl (C=O) groups is 3. The first kappa shape index (κ1) is 78.3. The van der Waals surface area contributed by atoms with Crippen molar-refractivity contribution < 1.29 is 28.6 Å². The number of unbranched alkanes of at least 4 members (excludes halogenated alkanes) is 37.